The standard InChI is InChI=1S/C15H21NO6/c1-8-4-3-5-10(6-8)21-15-12(16-9(2)18)14(20)13(19)11(7-17)22-15/h3-6,11-15,17,19-20H,7H2,1-2H3,(H,16,18)/t11-,12+,13+,14-,15-/m0/s1. The van der Waals surface area contributed by atoms with Crippen molar-refractivity contribution in [2.75, 3.05) is 6.61 Å². The highest BCUT2D eigenvalue weighted by Crippen LogP contribution is 2.24. The Bertz CT molecular complexity index is 523. The maximum Gasteiger partial charge on any atom is 0.223 e. The monoisotopic (exact) mass is 311 g/mol. The third-order valence-electron chi connectivity index (χ3n) is 3.49. The van der Waals surface area contributed by atoms with Gasteiger partial charge in [-0.1, -0.05) is 12.1 Å². The van der Waals surface area contributed by atoms with Crippen molar-refractivity contribution in [1.29, 1.82) is 0 Å². The van der Waals surface area contributed by atoms with E-state index in [1.165, 1.54) is 6.92 Å². The Hall–Kier alpha value is -1.67. The number of amides is 1. The number of benzene rings is 1. The van der Waals surface area contributed by atoms with Crippen molar-refractivity contribution in [1.82, 2.24) is 5.32 Å². The van der Waals surface area contributed by atoms with Crippen LogP contribution >= 0.6 is 0 Å². The summed E-state index contributed by atoms with van der Waals surface area (Å²) >= 11 is 0. The van der Waals surface area contributed by atoms with Gasteiger partial charge in [0.1, 0.15) is 30.1 Å². The zero-order chi connectivity index (χ0) is 16.3. The molecule has 0 unspecified atom stereocenters. The zero-order valence-corrected chi connectivity index (χ0v) is 12.5. The van der Waals surface area contributed by atoms with E-state index in [1.807, 2.05) is 13.0 Å². The van der Waals surface area contributed by atoms with Crippen LogP contribution in [0.3, 0.4) is 0 Å². The van der Waals surface area contributed by atoms with E-state index in [0.29, 0.717) is 5.75 Å². The Balaban J connectivity index is 2.21. The van der Waals surface area contributed by atoms with Crippen molar-refractivity contribution in [2.24, 2.45) is 0 Å². The highest BCUT2D eigenvalue weighted by molar-refractivity contribution is 5.73. The van der Waals surface area contributed by atoms with E-state index in [-0.39, 0.29) is 5.91 Å². The fraction of sp³-hybridized carbons (Fsp3) is 0.533. The van der Waals surface area contributed by atoms with E-state index in [1.54, 1.807) is 18.2 Å². The predicted molar refractivity (Wildman–Crippen MR) is 77.2 cm³/mol. The molecule has 1 aromatic carbocycles. The molecule has 4 N–H and O–H groups in total. The van der Waals surface area contributed by atoms with Crippen molar-refractivity contribution < 1.29 is 29.6 Å². The molecule has 122 valence electrons. The Morgan fingerprint density at radius 2 is 2.09 bits per heavy atom. The second kappa shape index (κ2) is 7.06. The van der Waals surface area contributed by atoms with Crippen LogP contribution in [0.4, 0.5) is 0 Å². The molecule has 7 nitrogen and oxygen atoms in total. The summed E-state index contributed by atoms with van der Waals surface area (Å²) in [6.07, 6.45) is -4.65. The molecule has 7 heteroatoms. The summed E-state index contributed by atoms with van der Waals surface area (Å²) in [5.74, 6) is 0.112. The summed E-state index contributed by atoms with van der Waals surface area (Å²) < 4.78 is 11.2. The normalized spacial score (nSPS) is 31.6. The minimum Gasteiger partial charge on any atom is -0.463 e. The zero-order valence-electron chi connectivity index (χ0n) is 12.5. The van der Waals surface area contributed by atoms with Crippen molar-refractivity contribution in [3.8, 4) is 5.75 Å². The smallest absolute Gasteiger partial charge is 0.223 e. The fourth-order valence-electron chi connectivity index (χ4n) is 2.39. The van der Waals surface area contributed by atoms with Gasteiger partial charge in [0, 0.05) is 6.92 Å². The minimum atomic E-state index is -1.32. The van der Waals surface area contributed by atoms with E-state index in [0.717, 1.165) is 5.56 Å². The van der Waals surface area contributed by atoms with Gasteiger partial charge >= 0.3 is 0 Å². The van der Waals surface area contributed by atoms with Gasteiger partial charge in [0.15, 0.2) is 0 Å². The number of aryl methyl sites for hydroxylation is 1. The van der Waals surface area contributed by atoms with Crippen LogP contribution in [0.5, 0.6) is 5.75 Å². The van der Waals surface area contributed by atoms with Gasteiger partial charge in [-0.3, -0.25) is 4.79 Å². The molecule has 1 saturated heterocycles. The van der Waals surface area contributed by atoms with E-state index in [9.17, 15) is 20.1 Å². The topological polar surface area (TPSA) is 108 Å². The molecule has 1 fully saturated rings. The molecule has 22 heavy (non-hydrogen) atoms. The maximum absolute atomic E-state index is 11.3. The van der Waals surface area contributed by atoms with Gasteiger partial charge in [-0.15, -0.1) is 0 Å². The van der Waals surface area contributed by atoms with Gasteiger partial charge in [-0.05, 0) is 24.6 Å². The molecule has 0 radical (unpaired) electrons. The van der Waals surface area contributed by atoms with Crippen LogP contribution in [0.15, 0.2) is 24.3 Å². The molecule has 0 saturated carbocycles. The first-order valence-corrected chi connectivity index (χ1v) is 7.05. The van der Waals surface area contributed by atoms with Crippen LogP contribution in [-0.2, 0) is 9.53 Å². The third kappa shape index (κ3) is 3.75. The summed E-state index contributed by atoms with van der Waals surface area (Å²) in [5.41, 5.74) is 0.976. The van der Waals surface area contributed by atoms with Crippen molar-refractivity contribution >= 4 is 5.91 Å². The van der Waals surface area contributed by atoms with E-state index < -0.39 is 37.3 Å². The average molecular weight is 311 g/mol. The first-order valence-electron chi connectivity index (χ1n) is 7.05. The number of ether oxygens (including phenoxy) is 2. The Morgan fingerprint density at radius 3 is 2.68 bits per heavy atom. The molecule has 1 aliphatic heterocycles. The average Bonchev–Trinajstić information content (AvgIpc) is 2.46. The Morgan fingerprint density at radius 1 is 1.36 bits per heavy atom. The van der Waals surface area contributed by atoms with Gasteiger partial charge in [0.25, 0.3) is 0 Å². The molecule has 1 amide bonds. The van der Waals surface area contributed by atoms with Gasteiger partial charge in [-0.2, -0.15) is 0 Å². The second-order valence-corrected chi connectivity index (χ2v) is 5.37. The predicted octanol–water partition coefficient (Wildman–Crippen LogP) is -0.682. The maximum atomic E-state index is 11.3. The number of carbonyl (C=O) groups is 1. The molecular weight excluding hydrogens is 290 g/mol. The van der Waals surface area contributed by atoms with Gasteiger partial charge in [0.05, 0.1) is 6.61 Å². The lowest BCUT2D eigenvalue weighted by Gasteiger charge is -2.42. The Labute approximate surface area is 128 Å². The van der Waals surface area contributed by atoms with Crippen molar-refractivity contribution in [3.05, 3.63) is 29.8 Å². The van der Waals surface area contributed by atoms with Crippen LogP contribution in [0.2, 0.25) is 0 Å². The second-order valence-electron chi connectivity index (χ2n) is 5.37. The molecule has 0 bridgehead atoms. The number of hydrogen-bond donors (Lipinski definition) is 4. The number of carbonyl (C=O) groups excluding carboxylic acids is 1. The number of hydrogen-bond acceptors (Lipinski definition) is 6. The molecule has 0 spiro atoms. The highest BCUT2D eigenvalue weighted by Gasteiger charge is 2.46. The number of nitrogens with one attached hydrogen (secondary N) is 1. The fourth-order valence-corrected chi connectivity index (χ4v) is 2.39. The molecular formula is C15H21NO6. The van der Waals surface area contributed by atoms with E-state index in [2.05, 4.69) is 5.32 Å². The Kier molecular flexibility index (Phi) is 5.36. The van der Waals surface area contributed by atoms with Crippen LogP contribution in [0.1, 0.15) is 12.5 Å². The van der Waals surface area contributed by atoms with Crippen molar-refractivity contribution in [3.63, 3.8) is 0 Å². The van der Waals surface area contributed by atoms with Crippen molar-refractivity contribution in [2.45, 2.75) is 44.5 Å². The molecule has 0 aromatic heterocycles. The lowest BCUT2D eigenvalue weighted by molar-refractivity contribution is -0.244. The SMILES string of the molecule is CC(=O)N[C@H]1[C@@H](Oc2cccc(C)c2)O[C@@H](CO)[C@@H](O)[C@H]1O. The first kappa shape index (κ1) is 16.7. The largest absolute Gasteiger partial charge is 0.463 e. The quantitative estimate of drug-likeness (QED) is 0.587. The highest BCUT2D eigenvalue weighted by atomic mass is 16.7. The third-order valence-corrected chi connectivity index (χ3v) is 3.49. The summed E-state index contributed by atoms with van der Waals surface area (Å²) in [6.45, 7) is 2.72. The van der Waals surface area contributed by atoms with Crippen LogP contribution in [-0.4, -0.2) is 58.5 Å². The number of aliphatic hydroxyl groups excluding tert-OH is 3. The van der Waals surface area contributed by atoms with Gasteiger partial charge in [-0.25, -0.2) is 0 Å². The molecule has 1 aliphatic rings. The summed E-state index contributed by atoms with van der Waals surface area (Å²) in [5, 5.41) is 31.8. The molecule has 1 aromatic rings. The lowest BCUT2D eigenvalue weighted by Crippen LogP contribution is -2.65. The molecule has 1 heterocycles. The minimum absolute atomic E-state index is 0.389. The van der Waals surface area contributed by atoms with Gasteiger partial charge in [0.2, 0.25) is 12.2 Å². The molecule has 0 aliphatic carbocycles. The summed E-state index contributed by atoms with van der Waals surface area (Å²) in [6, 6.07) is 6.24. The van der Waals surface area contributed by atoms with Crippen LogP contribution < -0.4 is 10.1 Å². The van der Waals surface area contributed by atoms with Crippen LogP contribution in [0.25, 0.3) is 0 Å². The van der Waals surface area contributed by atoms with Crippen LogP contribution in [0, 0.1) is 6.92 Å². The first-order chi connectivity index (χ1) is 10.4. The number of rotatable bonds is 4. The molecule has 2 rings (SSSR count). The summed E-state index contributed by atoms with van der Waals surface area (Å²) in [4.78, 5) is 11.3. The molecule has 5 atom stereocenters. The van der Waals surface area contributed by atoms with Gasteiger partial charge < -0.3 is 30.1 Å². The number of aliphatic hydroxyl groups is 3. The summed E-state index contributed by atoms with van der Waals surface area (Å²) in [7, 11) is 0. The van der Waals surface area contributed by atoms with E-state index in [4.69, 9.17) is 9.47 Å². The van der Waals surface area contributed by atoms with E-state index >= 15 is 0 Å². The lowest BCUT2D eigenvalue weighted by atomic mass is 9.97.